The Kier molecular flexibility index (Phi) is 2.85. The van der Waals surface area contributed by atoms with Gasteiger partial charge in [-0.1, -0.05) is 6.08 Å². The van der Waals surface area contributed by atoms with Crippen molar-refractivity contribution >= 4 is 22.9 Å². The maximum atomic E-state index is 11.4. The van der Waals surface area contributed by atoms with Gasteiger partial charge in [-0.25, -0.2) is 4.98 Å². The first kappa shape index (κ1) is 12.5. The molecule has 0 spiro atoms. The summed E-state index contributed by atoms with van der Waals surface area (Å²) in [5, 5.41) is 3.08. The molecule has 2 aromatic rings. The Labute approximate surface area is 116 Å². The Morgan fingerprint density at radius 1 is 1.70 bits per heavy atom. The standard InChI is InChI=1S/C14H16N4O2/c1-3-4-9-7-20-11-6-8(13(15)19)5-10-12(11)18(9)14(16-2)17-10/h3,5-6,9H,1,4,7H2,2H3,(H2,15,19)(H,16,17)/t9-/m1/s1. The highest BCUT2D eigenvalue weighted by Gasteiger charge is 2.26. The Morgan fingerprint density at radius 2 is 2.50 bits per heavy atom. The van der Waals surface area contributed by atoms with Crippen LogP contribution in [0, 0.1) is 0 Å². The monoisotopic (exact) mass is 272 g/mol. The van der Waals surface area contributed by atoms with Gasteiger partial charge in [0.05, 0.1) is 11.6 Å². The highest BCUT2D eigenvalue weighted by Crippen LogP contribution is 2.37. The van der Waals surface area contributed by atoms with Crippen molar-refractivity contribution in [3.05, 3.63) is 30.4 Å². The van der Waals surface area contributed by atoms with E-state index in [1.165, 1.54) is 0 Å². The lowest BCUT2D eigenvalue weighted by atomic mass is 10.1. The van der Waals surface area contributed by atoms with Crippen molar-refractivity contribution in [1.29, 1.82) is 0 Å². The molecule has 0 saturated heterocycles. The number of nitrogens with two attached hydrogens (primary N) is 1. The first-order valence-corrected chi connectivity index (χ1v) is 6.43. The number of nitrogens with one attached hydrogen (secondary N) is 1. The molecule has 0 radical (unpaired) electrons. The number of anilines is 1. The summed E-state index contributed by atoms with van der Waals surface area (Å²) in [5.41, 5.74) is 7.34. The van der Waals surface area contributed by atoms with E-state index in [9.17, 15) is 4.79 Å². The van der Waals surface area contributed by atoms with E-state index in [2.05, 4.69) is 21.4 Å². The summed E-state index contributed by atoms with van der Waals surface area (Å²) in [5.74, 6) is 0.907. The van der Waals surface area contributed by atoms with E-state index in [1.54, 1.807) is 12.1 Å². The smallest absolute Gasteiger partial charge is 0.248 e. The van der Waals surface area contributed by atoms with E-state index in [-0.39, 0.29) is 6.04 Å². The maximum absolute atomic E-state index is 11.4. The number of primary amides is 1. The summed E-state index contributed by atoms with van der Waals surface area (Å²) in [7, 11) is 1.82. The average molecular weight is 272 g/mol. The number of rotatable bonds is 4. The van der Waals surface area contributed by atoms with Crippen LogP contribution in [-0.4, -0.2) is 29.1 Å². The summed E-state index contributed by atoms with van der Waals surface area (Å²) in [6.45, 7) is 4.30. The Bertz CT molecular complexity index is 705. The second-order valence-corrected chi connectivity index (χ2v) is 4.75. The fourth-order valence-corrected chi connectivity index (χ4v) is 2.60. The number of hydrogen-bond acceptors (Lipinski definition) is 4. The third-order valence-electron chi connectivity index (χ3n) is 3.49. The summed E-state index contributed by atoms with van der Waals surface area (Å²) < 4.78 is 7.86. The van der Waals surface area contributed by atoms with Crippen molar-refractivity contribution in [2.24, 2.45) is 5.73 Å². The Hall–Kier alpha value is -2.50. The van der Waals surface area contributed by atoms with Crippen LogP contribution < -0.4 is 15.8 Å². The minimum absolute atomic E-state index is 0.145. The molecule has 0 unspecified atom stereocenters. The molecular weight excluding hydrogens is 256 g/mol. The molecule has 1 amide bonds. The molecule has 20 heavy (non-hydrogen) atoms. The zero-order valence-corrected chi connectivity index (χ0v) is 11.2. The molecule has 2 heterocycles. The van der Waals surface area contributed by atoms with Crippen LogP contribution in [0.4, 0.5) is 5.95 Å². The zero-order chi connectivity index (χ0) is 14.3. The zero-order valence-electron chi connectivity index (χ0n) is 11.2. The molecular formula is C14H16N4O2. The molecule has 0 bridgehead atoms. The fraction of sp³-hybridized carbons (Fsp3) is 0.286. The van der Waals surface area contributed by atoms with Crippen molar-refractivity contribution in [1.82, 2.24) is 9.55 Å². The third kappa shape index (κ3) is 1.72. The van der Waals surface area contributed by atoms with Gasteiger partial charge < -0.3 is 20.4 Å². The molecule has 3 rings (SSSR count). The number of ether oxygens (including phenoxy) is 1. The second-order valence-electron chi connectivity index (χ2n) is 4.75. The van der Waals surface area contributed by atoms with Gasteiger partial charge in [0.25, 0.3) is 0 Å². The van der Waals surface area contributed by atoms with Crippen LogP contribution in [0.3, 0.4) is 0 Å². The van der Waals surface area contributed by atoms with Crippen LogP contribution >= 0.6 is 0 Å². The van der Waals surface area contributed by atoms with E-state index >= 15 is 0 Å². The first-order valence-electron chi connectivity index (χ1n) is 6.43. The minimum Gasteiger partial charge on any atom is -0.489 e. The number of allylic oxidation sites excluding steroid dienone is 1. The van der Waals surface area contributed by atoms with E-state index < -0.39 is 5.91 Å². The molecule has 1 aromatic heterocycles. The third-order valence-corrected chi connectivity index (χ3v) is 3.49. The van der Waals surface area contributed by atoms with Crippen LogP contribution in [0.1, 0.15) is 22.8 Å². The number of aromatic nitrogens is 2. The summed E-state index contributed by atoms with van der Waals surface area (Å²) in [6.07, 6.45) is 2.65. The molecule has 1 atom stereocenters. The Morgan fingerprint density at radius 3 is 3.15 bits per heavy atom. The topological polar surface area (TPSA) is 82.2 Å². The summed E-state index contributed by atoms with van der Waals surface area (Å²) in [6, 6.07) is 3.51. The van der Waals surface area contributed by atoms with Crippen molar-refractivity contribution in [3.63, 3.8) is 0 Å². The SMILES string of the molecule is C=CC[C@@H]1COc2cc(C(N)=O)cc3nc(NC)n1c23. The number of imidazole rings is 1. The minimum atomic E-state index is -0.486. The van der Waals surface area contributed by atoms with Crippen LogP contribution in [0.5, 0.6) is 5.75 Å². The molecule has 0 saturated carbocycles. The lowest BCUT2D eigenvalue weighted by molar-refractivity contribution is 0.1000. The summed E-state index contributed by atoms with van der Waals surface area (Å²) in [4.78, 5) is 15.9. The second kappa shape index (κ2) is 4.56. The normalized spacial score (nSPS) is 16.8. The van der Waals surface area contributed by atoms with Crippen LogP contribution in [0.15, 0.2) is 24.8 Å². The van der Waals surface area contributed by atoms with E-state index in [0.717, 1.165) is 17.9 Å². The van der Waals surface area contributed by atoms with Gasteiger partial charge in [0.15, 0.2) is 0 Å². The molecule has 0 aliphatic carbocycles. The molecule has 104 valence electrons. The fourth-order valence-electron chi connectivity index (χ4n) is 2.60. The quantitative estimate of drug-likeness (QED) is 0.830. The first-order chi connectivity index (χ1) is 9.65. The lowest BCUT2D eigenvalue weighted by Crippen LogP contribution is -2.23. The molecule has 1 aliphatic heterocycles. The largest absolute Gasteiger partial charge is 0.489 e. The van der Waals surface area contributed by atoms with Crippen molar-refractivity contribution in [3.8, 4) is 5.75 Å². The Balaban J connectivity index is 2.28. The highest BCUT2D eigenvalue weighted by atomic mass is 16.5. The van der Waals surface area contributed by atoms with Gasteiger partial charge in [-0.15, -0.1) is 6.58 Å². The van der Waals surface area contributed by atoms with E-state index in [4.69, 9.17) is 10.5 Å². The number of benzene rings is 1. The predicted octanol–water partition coefficient (Wildman–Crippen LogP) is 1.69. The molecule has 0 fully saturated rings. The highest BCUT2D eigenvalue weighted by molar-refractivity contribution is 5.99. The predicted molar refractivity (Wildman–Crippen MR) is 77.1 cm³/mol. The number of carbonyl (C=O) groups is 1. The molecule has 1 aromatic carbocycles. The lowest BCUT2D eigenvalue weighted by Gasteiger charge is -2.26. The number of amides is 1. The van der Waals surface area contributed by atoms with Crippen molar-refractivity contribution in [2.75, 3.05) is 19.0 Å². The average Bonchev–Trinajstić information content (AvgIpc) is 2.82. The van der Waals surface area contributed by atoms with Crippen LogP contribution in [-0.2, 0) is 0 Å². The summed E-state index contributed by atoms with van der Waals surface area (Å²) >= 11 is 0. The van der Waals surface area contributed by atoms with E-state index in [1.807, 2.05) is 13.1 Å². The number of hydrogen-bond donors (Lipinski definition) is 2. The van der Waals surface area contributed by atoms with Gasteiger partial charge in [0.2, 0.25) is 11.9 Å². The van der Waals surface area contributed by atoms with Gasteiger partial charge >= 0.3 is 0 Å². The number of carbonyl (C=O) groups excluding carboxylic acids is 1. The van der Waals surface area contributed by atoms with Gasteiger partial charge in [-0.3, -0.25) is 4.79 Å². The van der Waals surface area contributed by atoms with Crippen molar-refractivity contribution < 1.29 is 9.53 Å². The van der Waals surface area contributed by atoms with Gasteiger partial charge in [0, 0.05) is 12.6 Å². The van der Waals surface area contributed by atoms with Gasteiger partial charge in [-0.05, 0) is 18.6 Å². The maximum Gasteiger partial charge on any atom is 0.248 e. The van der Waals surface area contributed by atoms with Crippen LogP contribution in [0.2, 0.25) is 0 Å². The van der Waals surface area contributed by atoms with Crippen molar-refractivity contribution in [2.45, 2.75) is 12.5 Å². The van der Waals surface area contributed by atoms with E-state index in [0.29, 0.717) is 23.4 Å². The molecule has 3 N–H and O–H groups in total. The molecule has 1 aliphatic rings. The molecule has 6 heteroatoms. The van der Waals surface area contributed by atoms with Crippen LogP contribution in [0.25, 0.3) is 11.0 Å². The molecule has 6 nitrogen and oxygen atoms in total. The van der Waals surface area contributed by atoms with Gasteiger partial charge in [-0.2, -0.15) is 0 Å². The van der Waals surface area contributed by atoms with Gasteiger partial charge in [0.1, 0.15) is 17.9 Å². The number of nitrogens with zero attached hydrogens (tertiary/aromatic N) is 2.